The zero-order valence-corrected chi connectivity index (χ0v) is 9.46. The number of aliphatic hydroxyl groups excluding tert-OH is 3. The highest BCUT2D eigenvalue weighted by atomic mass is 35.5. The molecule has 0 heterocycles. The molecule has 0 bridgehead atoms. The molecular formula is C8H22ClNO3. The van der Waals surface area contributed by atoms with E-state index in [4.69, 9.17) is 15.3 Å². The van der Waals surface area contributed by atoms with E-state index in [1.807, 2.05) is 0 Å². The van der Waals surface area contributed by atoms with Crippen LogP contribution in [0.4, 0.5) is 0 Å². The first kappa shape index (κ1) is 18.8. The summed E-state index contributed by atoms with van der Waals surface area (Å²) in [5, 5.41) is 24.2. The Bertz CT molecular complexity index is 83.9. The number of aliphatic hydroxyl groups is 3. The van der Waals surface area contributed by atoms with Crippen molar-refractivity contribution in [2.45, 2.75) is 6.42 Å². The van der Waals surface area contributed by atoms with Crippen molar-refractivity contribution < 1.29 is 32.2 Å². The van der Waals surface area contributed by atoms with Gasteiger partial charge in [-0.1, -0.05) is 0 Å². The quantitative estimate of drug-likeness (QED) is 0.420. The third-order valence-corrected chi connectivity index (χ3v) is 1.09. The summed E-state index contributed by atoms with van der Waals surface area (Å²) in [4.78, 5) is 0. The Balaban J connectivity index is -0.000000150. The van der Waals surface area contributed by atoms with E-state index in [1.54, 1.807) is 0 Å². The van der Waals surface area contributed by atoms with Crippen molar-refractivity contribution in [1.82, 2.24) is 0 Å². The van der Waals surface area contributed by atoms with Crippen molar-refractivity contribution in [2.24, 2.45) is 0 Å². The van der Waals surface area contributed by atoms with Gasteiger partial charge in [-0.05, 0) is 6.42 Å². The summed E-state index contributed by atoms with van der Waals surface area (Å²) in [6.07, 6.45) is 0.500. The summed E-state index contributed by atoms with van der Waals surface area (Å²) in [6.45, 7) is 1.30. The number of likely N-dealkylation sites (N-methyl/N-ethyl adjacent to an activating group) is 1. The molecule has 0 aromatic rings. The Morgan fingerprint density at radius 2 is 1.23 bits per heavy atom. The van der Waals surface area contributed by atoms with Gasteiger partial charge in [-0.15, -0.1) is 0 Å². The number of quaternary nitrogens is 1. The topological polar surface area (TPSA) is 60.7 Å². The van der Waals surface area contributed by atoms with Crippen LogP contribution in [0, 0.1) is 0 Å². The van der Waals surface area contributed by atoms with E-state index in [1.165, 1.54) is 0 Å². The molecule has 0 radical (unpaired) electrons. The molecule has 0 aliphatic rings. The van der Waals surface area contributed by atoms with Crippen LogP contribution in [0.3, 0.4) is 0 Å². The zero-order chi connectivity index (χ0) is 10.0. The van der Waals surface area contributed by atoms with Gasteiger partial charge in [-0.3, -0.25) is 0 Å². The average Bonchev–Trinajstić information content (AvgIpc) is 1.87. The first-order valence-corrected chi connectivity index (χ1v) is 4.11. The van der Waals surface area contributed by atoms with Crippen LogP contribution in [0.2, 0.25) is 0 Å². The van der Waals surface area contributed by atoms with Crippen LogP contribution < -0.4 is 12.4 Å². The second-order valence-corrected chi connectivity index (χ2v) is 3.54. The van der Waals surface area contributed by atoms with Gasteiger partial charge >= 0.3 is 0 Å². The maximum absolute atomic E-state index is 8.39. The van der Waals surface area contributed by atoms with E-state index in [2.05, 4.69) is 21.1 Å². The van der Waals surface area contributed by atoms with Gasteiger partial charge in [0, 0.05) is 13.2 Å². The van der Waals surface area contributed by atoms with Crippen molar-refractivity contribution in [3.63, 3.8) is 0 Å². The minimum absolute atomic E-state index is 0. The summed E-state index contributed by atoms with van der Waals surface area (Å²) in [7, 11) is 6.16. The fourth-order valence-electron chi connectivity index (χ4n) is 0.371. The van der Waals surface area contributed by atoms with Gasteiger partial charge in [0.15, 0.2) is 0 Å². The summed E-state index contributed by atoms with van der Waals surface area (Å²) >= 11 is 0. The van der Waals surface area contributed by atoms with E-state index in [0.29, 0.717) is 6.42 Å². The molecule has 0 aliphatic heterocycles. The highest BCUT2D eigenvalue weighted by Crippen LogP contribution is 1.84. The Hall–Kier alpha value is 0.130. The van der Waals surface area contributed by atoms with Gasteiger partial charge in [0.05, 0.1) is 27.7 Å². The fourth-order valence-corrected chi connectivity index (χ4v) is 0.371. The van der Waals surface area contributed by atoms with Gasteiger partial charge in [0.25, 0.3) is 0 Å². The first-order chi connectivity index (χ1) is 5.47. The van der Waals surface area contributed by atoms with E-state index in [0.717, 1.165) is 11.0 Å². The summed E-state index contributed by atoms with van der Waals surface area (Å²) in [6, 6.07) is 0. The van der Waals surface area contributed by atoms with Gasteiger partial charge in [0.2, 0.25) is 0 Å². The number of hydrogen-bond donors (Lipinski definition) is 3. The molecule has 0 rings (SSSR count). The van der Waals surface area contributed by atoms with Crippen LogP contribution in [0.15, 0.2) is 0 Å². The second-order valence-electron chi connectivity index (χ2n) is 3.54. The molecule has 0 fully saturated rings. The van der Waals surface area contributed by atoms with Gasteiger partial charge in [0.1, 0.15) is 6.54 Å². The van der Waals surface area contributed by atoms with Crippen LogP contribution in [-0.4, -0.2) is 67.3 Å². The molecule has 0 saturated carbocycles. The zero-order valence-electron chi connectivity index (χ0n) is 8.70. The maximum Gasteiger partial charge on any atom is 0.101 e. The smallest absolute Gasteiger partial charge is 0.101 e. The lowest BCUT2D eigenvalue weighted by Gasteiger charge is -2.21. The lowest BCUT2D eigenvalue weighted by atomic mass is 10.5. The normalized spacial score (nSPS) is 9.69. The van der Waals surface area contributed by atoms with Crippen LogP contribution in [-0.2, 0) is 0 Å². The third kappa shape index (κ3) is 33.1. The Kier molecular flexibility index (Phi) is 17.6. The molecule has 5 heteroatoms. The fraction of sp³-hybridized carbons (Fsp3) is 1.00. The molecular weight excluding hydrogens is 194 g/mol. The Labute approximate surface area is 86.8 Å². The predicted molar refractivity (Wildman–Crippen MR) is 48.8 cm³/mol. The minimum atomic E-state index is 0. The van der Waals surface area contributed by atoms with E-state index in [9.17, 15) is 0 Å². The first-order valence-electron chi connectivity index (χ1n) is 4.11. The third-order valence-electron chi connectivity index (χ3n) is 1.09. The number of halogens is 1. The highest BCUT2D eigenvalue weighted by molar-refractivity contribution is 4.22. The molecule has 0 aromatic carbocycles. The number of hydrogen-bond acceptors (Lipinski definition) is 3. The Morgan fingerprint density at radius 1 is 0.846 bits per heavy atom. The van der Waals surface area contributed by atoms with E-state index in [-0.39, 0.29) is 32.2 Å². The molecule has 0 aromatic heterocycles. The van der Waals surface area contributed by atoms with E-state index >= 15 is 0 Å². The van der Waals surface area contributed by atoms with Gasteiger partial charge < -0.3 is 32.2 Å². The minimum Gasteiger partial charge on any atom is -1.00 e. The molecule has 3 N–H and O–H groups in total. The SMILES string of the molecule is C[N+](C)(C)CCO.OCCCO.[Cl-]. The standard InChI is InChI=1S/C5H14NO.C3H8O2.ClH/c1-6(2,3)4-5-7;4-2-1-3-5;/h7H,4-5H2,1-3H3;4-5H,1-3H2;1H/q+1;;/p-1. The Morgan fingerprint density at radius 3 is 1.23 bits per heavy atom. The van der Waals surface area contributed by atoms with Crippen LogP contribution in [0.25, 0.3) is 0 Å². The summed E-state index contributed by atoms with van der Waals surface area (Å²) < 4.78 is 0.844. The van der Waals surface area contributed by atoms with E-state index < -0.39 is 0 Å². The average molecular weight is 216 g/mol. The van der Waals surface area contributed by atoms with Crippen molar-refractivity contribution >= 4 is 0 Å². The summed E-state index contributed by atoms with van der Waals surface area (Å²) in [5.74, 6) is 0. The van der Waals surface area contributed by atoms with Crippen molar-refractivity contribution in [2.75, 3.05) is 47.5 Å². The van der Waals surface area contributed by atoms with Gasteiger partial charge in [-0.25, -0.2) is 0 Å². The van der Waals surface area contributed by atoms with Crippen LogP contribution in [0.5, 0.6) is 0 Å². The van der Waals surface area contributed by atoms with Gasteiger partial charge in [-0.2, -0.15) is 0 Å². The predicted octanol–water partition coefficient (Wildman–Crippen LogP) is -3.95. The molecule has 13 heavy (non-hydrogen) atoms. The molecule has 0 amide bonds. The monoisotopic (exact) mass is 215 g/mol. The summed E-state index contributed by atoms with van der Waals surface area (Å²) in [5.41, 5.74) is 0. The van der Waals surface area contributed by atoms with Crippen molar-refractivity contribution in [3.05, 3.63) is 0 Å². The number of rotatable bonds is 4. The molecule has 0 aliphatic carbocycles. The lowest BCUT2D eigenvalue weighted by molar-refractivity contribution is -0.870. The molecule has 0 spiro atoms. The molecule has 4 nitrogen and oxygen atoms in total. The van der Waals surface area contributed by atoms with Crippen molar-refractivity contribution in [3.8, 4) is 0 Å². The van der Waals surface area contributed by atoms with Crippen LogP contribution in [0.1, 0.15) is 6.42 Å². The molecule has 0 atom stereocenters. The highest BCUT2D eigenvalue weighted by Gasteiger charge is 2.02. The van der Waals surface area contributed by atoms with Crippen molar-refractivity contribution in [1.29, 1.82) is 0 Å². The second kappa shape index (κ2) is 12.1. The maximum atomic E-state index is 8.39. The molecule has 0 unspecified atom stereocenters. The molecule has 0 saturated heterocycles. The lowest BCUT2D eigenvalue weighted by Crippen LogP contribution is -3.00. The van der Waals surface area contributed by atoms with Crippen LogP contribution >= 0.6 is 0 Å². The molecule has 84 valence electrons. The largest absolute Gasteiger partial charge is 1.00 e. The number of nitrogens with zero attached hydrogens (tertiary/aromatic N) is 1.